The van der Waals surface area contributed by atoms with E-state index in [-0.39, 0.29) is 5.91 Å². The van der Waals surface area contributed by atoms with E-state index in [1.807, 2.05) is 65.8 Å². The third-order valence-corrected chi connectivity index (χ3v) is 5.19. The Balaban J connectivity index is 0.00000101. The van der Waals surface area contributed by atoms with Crippen LogP contribution in [0.1, 0.15) is 68.6 Å². The Bertz CT molecular complexity index is 1040. The predicted molar refractivity (Wildman–Crippen MR) is 152 cm³/mol. The van der Waals surface area contributed by atoms with E-state index in [0.717, 1.165) is 49.5 Å². The molecule has 1 aromatic heterocycles. The van der Waals surface area contributed by atoms with Crippen LogP contribution >= 0.6 is 0 Å². The van der Waals surface area contributed by atoms with Crippen molar-refractivity contribution in [3.05, 3.63) is 83.2 Å². The van der Waals surface area contributed by atoms with Gasteiger partial charge in [-0.1, -0.05) is 71.6 Å². The monoisotopic (exact) mass is 489 g/mol. The summed E-state index contributed by atoms with van der Waals surface area (Å²) in [6.07, 6.45) is 3.40. The first-order valence-electron chi connectivity index (χ1n) is 13.1. The number of amides is 1. The molecular weight excluding hydrogens is 446 g/mol. The number of carbonyl (C=O) groups is 1. The van der Waals surface area contributed by atoms with E-state index < -0.39 is 0 Å². The minimum Gasteiger partial charge on any atom is -0.322 e. The summed E-state index contributed by atoms with van der Waals surface area (Å²) in [6, 6.07) is 15.4. The molecule has 0 saturated carbocycles. The first-order valence-corrected chi connectivity index (χ1v) is 13.1. The van der Waals surface area contributed by atoms with Crippen LogP contribution in [0.2, 0.25) is 0 Å². The average Bonchev–Trinajstić information content (AvgIpc) is 3.47. The number of piperazine rings is 1. The van der Waals surface area contributed by atoms with Crippen LogP contribution in [0.3, 0.4) is 0 Å². The molecule has 0 spiro atoms. The van der Waals surface area contributed by atoms with E-state index in [1.165, 1.54) is 5.56 Å². The molecular formula is C30H43N5O. The number of carbonyl (C=O) groups excluding carboxylic acids is 1. The van der Waals surface area contributed by atoms with Crippen LogP contribution < -0.4 is 5.32 Å². The number of rotatable bonds is 4. The largest absolute Gasteiger partial charge is 0.322 e. The number of aromatic amines is 1. The molecule has 1 fully saturated rings. The van der Waals surface area contributed by atoms with Crippen molar-refractivity contribution in [2.75, 3.05) is 38.5 Å². The summed E-state index contributed by atoms with van der Waals surface area (Å²) in [5.74, 6) is 5.93. The number of hydrogen-bond acceptors (Lipinski definition) is 4. The minimum atomic E-state index is -0.145. The van der Waals surface area contributed by atoms with Crippen molar-refractivity contribution in [1.82, 2.24) is 20.0 Å². The maximum Gasteiger partial charge on any atom is 0.255 e. The molecule has 3 aromatic rings. The van der Waals surface area contributed by atoms with Crippen LogP contribution in [0.4, 0.5) is 5.69 Å². The Labute approximate surface area is 218 Å². The molecule has 0 bridgehead atoms. The smallest absolute Gasteiger partial charge is 0.255 e. The number of nitrogens with one attached hydrogen (secondary N) is 2. The summed E-state index contributed by atoms with van der Waals surface area (Å²) >= 11 is 0. The van der Waals surface area contributed by atoms with Gasteiger partial charge in [-0.2, -0.15) is 5.10 Å². The Morgan fingerprint density at radius 2 is 1.56 bits per heavy atom. The van der Waals surface area contributed by atoms with E-state index in [9.17, 15) is 4.79 Å². The van der Waals surface area contributed by atoms with Crippen LogP contribution in [0.15, 0.2) is 60.9 Å². The zero-order valence-electron chi connectivity index (χ0n) is 23.1. The van der Waals surface area contributed by atoms with Crippen LogP contribution in [-0.2, 0) is 6.54 Å². The second-order valence-corrected chi connectivity index (χ2v) is 7.55. The standard InChI is InChI=1S/C24H25N5O.3C2H6/c1-28-11-13-29(14-12-28)18-20-7-9-23(10-8-20)27-24(30)22-4-2-3-19(15-22)5-6-21-16-25-26-17-21;3*1-2/h2-4,7-10,15-17H,11-14,18H2,1H3,(H,25,26)(H,27,30);3*1-2H3. The summed E-state index contributed by atoms with van der Waals surface area (Å²) < 4.78 is 0. The lowest BCUT2D eigenvalue weighted by Gasteiger charge is -2.32. The molecule has 0 radical (unpaired) electrons. The first-order chi connectivity index (χ1) is 17.7. The number of anilines is 1. The fourth-order valence-corrected chi connectivity index (χ4v) is 3.36. The molecule has 194 valence electrons. The molecule has 4 rings (SSSR count). The average molecular weight is 490 g/mol. The third kappa shape index (κ3) is 10.5. The second kappa shape index (κ2) is 18.0. The highest BCUT2D eigenvalue weighted by Gasteiger charge is 2.14. The molecule has 2 N–H and O–H groups in total. The van der Waals surface area contributed by atoms with Gasteiger partial charge in [0.25, 0.3) is 5.91 Å². The highest BCUT2D eigenvalue weighted by atomic mass is 16.1. The van der Waals surface area contributed by atoms with Crippen molar-refractivity contribution in [2.24, 2.45) is 0 Å². The van der Waals surface area contributed by atoms with Gasteiger partial charge in [-0.25, -0.2) is 0 Å². The van der Waals surface area contributed by atoms with Crippen molar-refractivity contribution in [3.8, 4) is 11.8 Å². The van der Waals surface area contributed by atoms with Gasteiger partial charge in [0.2, 0.25) is 0 Å². The van der Waals surface area contributed by atoms with Crippen molar-refractivity contribution in [2.45, 2.75) is 48.1 Å². The number of H-pyrrole nitrogens is 1. The van der Waals surface area contributed by atoms with E-state index >= 15 is 0 Å². The SMILES string of the molecule is CC.CC.CC.CN1CCN(Cc2ccc(NC(=O)c3cccc(C#Cc4cn[nH]c4)c3)cc2)CC1. The van der Waals surface area contributed by atoms with E-state index in [2.05, 4.69) is 56.3 Å². The Morgan fingerprint density at radius 1 is 0.917 bits per heavy atom. The number of aromatic nitrogens is 2. The Kier molecular flexibility index (Phi) is 15.3. The van der Waals surface area contributed by atoms with Gasteiger partial charge in [0.1, 0.15) is 0 Å². The fraction of sp³-hybridized carbons (Fsp3) is 0.400. The van der Waals surface area contributed by atoms with Crippen LogP contribution in [0, 0.1) is 11.8 Å². The van der Waals surface area contributed by atoms with Crippen molar-refractivity contribution < 1.29 is 4.79 Å². The molecule has 2 heterocycles. The highest BCUT2D eigenvalue weighted by Crippen LogP contribution is 2.14. The lowest BCUT2D eigenvalue weighted by Crippen LogP contribution is -2.43. The van der Waals surface area contributed by atoms with Gasteiger partial charge in [-0.3, -0.25) is 14.8 Å². The summed E-state index contributed by atoms with van der Waals surface area (Å²) in [5, 5.41) is 9.57. The summed E-state index contributed by atoms with van der Waals surface area (Å²) in [5.41, 5.74) is 4.22. The lowest BCUT2D eigenvalue weighted by molar-refractivity contribution is 0.102. The number of hydrogen-bond donors (Lipinski definition) is 2. The highest BCUT2D eigenvalue weighted by molar-refractivity contribution is 6.04. The molecule has 36 heavy (non-hydrogen) atoms. The van der Waals surface area contributed by atoms with Gasteiger partial charge in [0, 0.05) is 55.7 Å². The second-order valence-electron chi connectivity index (χ2n) is 7.55. The fourth-order valence-electron chi connectivity index (χ4n) is 3.36. The molecule has 0 unspecified atom stereocenters. The maximum atomic E-state index is 12.6. The van der Waals surface area contributed by atoms with Crippen molar-refractivity contribution in [3.63, 3.8) is 0 Å². The number of likely N-dealkylation sites (N-methyl/N-ethyl adjacent to an activating group) is 1. The zero-order chi connectivity index (χ0) is 26.8. The van der Waals surface area contributed by atoms with Crippen molar-refractivity contribution in [1.29, 1.82) is 0 Å². The van der Waals surface area contributed by atoms with Gasteiger partial charge in [0.05, 0.1) is 11.8 Å². The number of nitrogens with zero attached hydrogens (tertiary/aromatic N) is 3. The van der Waals surface area contributed by atoms with Crippen LogP contribution in [-0.4, -0.2) is 59.1 Å². The molecule has 1 amide bonds. The van der Waals surface area contributed by atoms with Gasteiger partial charge in [0.15, 0.2) is 0 Å². The van der Waals surface area contributed by atoms with E-state index in [0.29, 0.717) is 5.56 Å². The summed E-state index contributed by atoms with van der Waals surface area (Å²) in [6.45, 7) is 17.3. The molecule has 2 aromatic carbocycles. The van der Waals surface area contributed by atoms with Gasteiger partial charge in [-0.15, -0.1) is 0 Å². The quantitative estimate of drug-likeness (QED) is 0.449. The molecule has 6 heteroatoms. The van der Waals surface area contributed by atoms with Crippen LogP contribution in [0.5, 0.6) is 0 Å². The normalized spacial score (nSPS) is 12.8. The van der Waals surface area contributed by atoms with Gasteiger partial charge >= 0.3 is 0 Å². The van der Waals surface area contributed by atoms with Crippen LogP contribution in [0.25, 0.3) is 0 Å². The van der Waals surface area contributed by atoms with Gasteiger partial charge in [-0.05, 0) is 42.9 Å². The summed E-state index contributed by atoms with van der Waals surface area (Å²) in [7, 11) is 2.16. The number of benzene rings is 2. The molecule has 1 aliphatic rings. The zero-order valence-corrected chi connectivity index (χ0v) is 23.1. The molecule has 0 aliphatic carbocycles. The molecule has 6 nitrogen and oxygen atoms in total. The topological polar surface area (TPSA) is 64.3 Å². The first kappa shape index (κ1) is 30.6. The Morgan fingerprint density at radius 3 is 2.17 bits per heavy atom. The Hall–Kier alpha value is -3.40. The lowest BCUT2D eigenvalue weighted by atomic mass is 10.1. The van der Waals surface area contributed by atoms with E-state index in [1.54, 1.807) is 24.5 Å². The van der Waals surface area contributed by atoms with Gasteiger partial charge < -0.3 is 10.2 Å². The molecule has 1 aliphatic heterocycles. The minimum absolute atomic E-state index is 0.145. The van der Waals surface area contributed by atoms with Crippen molar-refractivity contribution >= 4 is 11.6 Å². The summed E-state index contributed by atoms with van der Waals surface area (Å²) in [4.78, 5) is 17.5. The molecule has 0 atom stereocenters. The predicted octanol–water partition coefficient (Wildman–Crippen LogP) is 5.89. The molecule has 1 saturated heterocycles. The maximum absolute atomic E-state index is 12.6. The van der Waals surface area contributed by atoms with E-state index in [4.69, 9.17) is 0 Å². The third-order valence-electron chi connectivity index (χ3n) is 5.19.